The van der Waals surface area contributed by atoms with Crippen LogP contribution in [0, 0.1) is 12.7 Å². The zero-order valence-electron chi connectivity index (χ0n) is 16.5. The van der Waals surface area contributed by atoms with Crippen molar-refractivity contribution in [3.05, 3.63) is 70.3 Å². The quantitative estimate of drug-likeness (QED) is 0.594. The van der Waals surface area contributed by atoms with Gasteiger partial charge in [-0.25, -0.2) is 9.07 Å². The van der Waals surface area contributed by atoms with Crippen LogP contribution in [0.25, 0.3) is 0 Å². The molecule has 0 bridgehead atoms. The van der Waals surface area contributed by atoms with E-state index in [9.17, 15) is 9.18 Å². The smallest absolute Gasteiger partial charge is 0.240 e. The number of carbonyl (C=O) groups excluding carboxylic acids is 1. The van der Waals surface area contributed by atoms with Crippen LogP contribution in [0.1, 0.15) is 36.3 Å². The molecule has 0 fully saturated rings. The average molecular weight is 446 g/mol. The molecule has 0 saturated heterocycles. The second-order valence-corrected chi connectivity index (χ2v) is 8.60. The van der Waals surface area contributed by atoms with Crippen molar-refractivity contribution in [1.82, 2.24) is 14.9 Å². The molecule has 0 saturated carbocycles. The van der Waals surface area contributed by atoms with Crippen LogP contribution < -0.4 is 10.7 Å². The van der Waals surface area contributed by atoms with Crippen molar-refractivity contribution in [3.8, 4) is 0 Å². The first-order valence-electron chi connectivity index (χ1n) is 9.67. The average Bonchev–Trinajstić information content (AvgIpc) is 3.13. The minimum Gasteiger partial charge on any atom is -0.325 e. The maximum absolute atomic E-state index is 13.5. The Labute approximate surface area is 183 Å². The number of halogens is 2. The van der Waals surface area contributed by atoms with Crippen LogP contribution in [0.5, 0.6) is 0 Å². The second kappa shape index (κ2) is 8.65. The van der Waals surface area contributed by atoms with Gasteiger partial charge in [-0.15, -0.1) is 10.2 Å². The van der Waals surface area contributed by atoms with Gasteiger partial charge in [-0.1, -0.05) is 48.5 Å². The van der Waals surface area contributed by atoms with E-state index in [1.54, 1.807) is 24.3 Å². The molecule has 1 amide bonds. The fourth-order valence-corrected chi connectivity index (χ4v) is 4.62. The number of nitrogens with zero attached hydrogens (tertiary/aromatic N) is 3. The summed E-state index contributed by atoms with van der Waals surface area (Å²) in [5, 5.41) is 12.1. The Bertz CT molecular complexity index is 1070. The largest absolute Gasteiger partial charge is 0.325 e. The zero-order valence-corrected chi connectivity index (χ0v) is 18.1. The highest BCUT2D eigenvalue weighted by Gasteiger charge is 2.38. The standard InChI is InChI=1S/C21H21ClFN5OS/c1-3-5-17-25-26-21-28(17)27-18(13-8-10-14(23)11-9-13)19(30-21)20(29)24-16-7-4-6-15(22)12(16)2/h4,6-11,18-19,27H,3,5H2,1-2H3,(H,24,29)/t18-,19+/m1/s1. The minimum atomic E-state index is -0.542. The van der Waals surface area contributed by atoms with E-state index < -0.39 is 11.3 Å². The summed E-state index contributed by atoms with van der Waals surface area (Å²) in [4.78, 5) is 13.3. The van der Waals surface area contributed by atoms with Gasteiger partial charge in [-0.2, -0.15) is 0 Å². The van der Waals surface area contributed by atoms with Crippen molar-refractivity contribution in [2.45, 2.75) is 43.1 Å². The minimum absolute atomic E-state index is 0.196. The van der Waals surface area contributed by atoms with E-state index in [2.05, 4.69) is 27.9 Å². The van der Waals surface area contributed by atoms with E-state index in [1.807, 2.05) is 17.7 Å². The first kappa shape index (κ1) is 20.7. The van der Waals surface area contributed by atoms with E-state index >= 15 is 0 Å². The maximum Gasteiger partial charge on any atom is 0.240 e. The predicted molar refractivity (Wildman–Crippen MR) is 117 cm³/mol. The Balaban J connectivity index is 1.68. The lowest BCUT2D eigenvalue weighted by atomic mass is 10.0. The van der Waals surface area contributed by atoms with Crippen LogP contribution in [0.15, 0.2) is 47.6 Å². The third kappa shape index (κ3) is 4.02. The molecule has 9 heteroatoms. The topological polar surface area (TPSA) is 71.8 Å². The monoisotopic (exact) mass is 445 g/mol. The van der Waals surface area contributed by atoms with Crippen molar-refractivity contribution < 1.29 is 9.18 Å². The van der Waals surface area contributed by atoms with Crippen LogP contribution >= 0.6 is 23.4 Å². The number of fused-ring (bicyclic) bond motifs is 1. The summed E-state index contributed by atoms with van der Waals surface area (Å²) < 4.78 is 15.3. The lowest BCUT2D eigenvalue weighted by Crippen LogP contribution is -2.41. The van der Waals surface area contributed by atoms with Crippen LogP contribution in [0.2, 0.25) is 5.02 Å². The Morgan fingerprint density at radius 1 is 1.27 bits per heavy atom. The first-order valence-corrected chi connectivity index (χ1v) is 10.9. The van der Waals surface area contributed by atoms with Gasteiger partial charge in [0.15, 0.2) is 5.82 Å². The van der Waals surface area contributed by atoms with Crippen LogP contribution in [0.4, 0.5) is 10.1 Å². The molecule has 1 aliphatic rings. The Hall–Kier alpha value is -2.58. The van der Waals surface area contributed by atoms with Crippen molar-refractivity contribution in [2.75, 3.05) is 10.7 Å². The van der Waals surface area contributed by atoms with Crippen LogP contribution in [-0.2, 0) is 11.2 Å². The molecule has 2 heterocycles. The normalized spacial score (nSPS) is 17.9. The summed E-state index contributed by atoms with van der Waals surface area (Å²) in [5.41, 5.74) is 5.63. The molecule has 4 rings (SSSR count). The molecule has 1 aromatic heterocycles. The third-order valence-electron chi connectivity index (χ3n) is 4.99. The number of hydrogen-bond acceptors (Lipinski definition) is 5. The number of anilines is 1. The van der Waals surface area contributed by atoms with Gasteiger partial charge in [0.25, 0.3) is 0 Å². The third-order valence-corrected chi connectivity index (χ3v) is 6.62. The Morgan fingerprint density at radius 2 is 2.03 bits per heavy atom. The zero-order chi connectivity index (χ0) is 21.3. The van der Waals surface area contributed by atoms with Crippen molar-refractivity contribution >= 4 is 35.0 Å². The number of rotatable bonds is 5. The van der Waals surface area contributed by atoms with E-state index in [4.69, 9.17) is 11.6 Å². The highest BCUT2D eigenvalue weighted by Crippen LogP contribution is 2.38. The Morgan fingerprint density at radius 3 is 2.77 bits per heavy atom. The molecule has 2 atom stereocenters. The van der Waals surface area contributed by atoms with Gasteiger partial charge in [-0.05, 0) is 48.7 Å². The summed E-state index contributed by atoms with van der Waals surface area (Å²) in [5.74, 6) is 0.282. The highest BCUT2D eigenvalue weighted by atomic mass is 35.5. The lowest BCUT2D eigenvalue weighted by molar-refractivity contribution is -0.116. The van der Waals surface area contributed by atoms with Gasteiger partial charge in [0.1, 0.15) is 11.1 Å². The molecule has 2 aromatic carbocycles. The fourth-order valence-electron chi connectivity index (χ4n) is 3.35. The summed E-state index contributed by atoms with van der Waals surface area (Å²) >= 11 is 7.53. The maximum atomic E-state index is 13.5. The molecule has 0 spiro atoms. The number of carbonyl (C=O) groups is 1. The fraction of sp³-hybridized carbons (Fsp3) is 0.286. The number of aromatic nitrogens is 3. The van der Waals surface area contributed by atoms with Gasteiger partial charge in [0.2, 0.25) is 11.1 Å². The Kier molecular flexibility index (Phi) is 5.97. The molecular formula is C21H21ClFN5OS. The van der Waals surface area contributed by atoms with Crippen LogP contribution in [0.3, 0.4) is 0 Å². The summed E-state index contributed by atoms with van der Waals surface area (Å²) in [7, 11) is 0. The lowest BCUT2D eigenvalue weighted by Gasteiger charge is -2.33. The molecule has 1 aliphatic heterocycles. The van der Waals surface area contributed by atoms with Crippen molar-refractivity contribution in [2.24, 2.45) is 0 Å². The molecular weight excluding hydrogens is 425 g/mol. The summed E-state index contributed by atoms with van der Waals surface area (Å²) in [6, 6.07) is 11.2. The SMILES string of the molecule is CCCc1nnc2n1N[C@H](c1ccc(F)cc1)[C@@H](C(=O)Nc1cccc(Cl)c1C)S2. The second-order valence-electron chi connectivity index (χ2n) is 7.08. The predicted octanol–water partition coefficient (Wildman–Crippen LogP) is 4.73. The van der Waals surface area contributed by atoms with E-state index in [-0.39, 0.29) is 11.7 Å². The summed E-state index contributed by atoms with van der Waals surface area (Å²) in [6.45, 7) is 3.92. The van der Waals surface area contributed by atoms with Gasteiger partial charge >= 0.3 is 0 Å². The van der Waals surface area contributed by atoms with Crippen LogP contribution in [-0.4, -0.2) is 26.0 Å². The van der Waals surface area contributed by atoms with Crippen molar-refractivity contribution in [3.63, 3.8) is 0 Å². The highest BCUT2D eigenvalue weighted by molar-refractivity contribution is 8.00. The summed E-state index contributed by atoms with van der Waals surface area (Å²) in [6.07, 6.45) is 1.68. The molecule has 0 radical (unpaired) electrons. The number of amides is 1. The van der Waals surface area contributed by atoms with Gasteiger partial charge in [0.05, 0.1) is 6.04 Å². The van der Waals surface area contributed by atoms with Crippen molar-refractivity contribution in [1.29, 1.82) is 0 Å². The molecule has 0 unspecified atom stereocenters. The molecule has 0 aliphatic carbocycles. The molecule has 30 heavy (non-hydrogen) atoms. The van der Waals surface area contributed by atoms with E-state index in [0.717, 1.165) is 29.8 Å². The number of thioether (sulfide) groups is 1. The first-order chi connectivity index (χ1) is 14.5. The van der Waals surface area contributed by atoms with E-state index in [0.29, 0.717) is 15.9 Å². The number of aryl methyl sites for hydroxylation is 1. The van der Waals surface area contributed by atoms with Gasteiger partial charge in [-0.3, -0.25) is 4.79 Å². The number of benzene rings is 2. The molecule has 2 N–H and O–H groups in total. The molecule has 156 valence electrons. The van der Waals surface area contributed by atoms with Gasteiger partial charge in [0, 0.05) is 17.1 Å². The molecule has 3 aromatic rings. The number of nitrogens with one attached hydrogen (secondary N) is 2. The van der Waals surface area contributed by atoms with E-state index in [1.165, 1.54) is 23.9 Å². The molecule has 6 nitrogen and oxygen atoms in total. The van der Waals surface area contributed by atoms with Gasteiger partial charge < -0.3 is 10.7 Å². The number of hydrogen-bond donors (Lipinski definition) is 2.